The second kappa shape index (κ2) is 11.5. The van der Waals surface area contributed by atoms with Crippen molar-refractivity contribution in [3.63, 3.8) is 0 Å². The van der Waals surface area contributed by atoms with Gasteiger partial charge in [-0.25, -0.2) is 0 Å². The van der Waals surface area contributed by atoms with E-state index in [1.165, 1.54) is 11.1 Å². The maximum Gasteiger partial charge on any atom is 0.228 e. The zero-order valence-electron chi connectivity index (χ0n) is 21.8. The number of fused-ring (bicyclic) bond motifs is 2. The third-order valence-corrected chi connectivity index (χ3v) is 9.04. The Morgan fingerprint density at radius 2 is 1.94 bits per heavy atom. The summed E-state index contributed by atoms with van der Waals surface area (Å²) in [4.78, 5) is 16.7. The quantitative estimate of drug-likeness (QED) is 0.643. The van der Waals surface area contributed by atoms with Crippen LogP contribution in [0.5, 0.6) is 5.75 Å². The SMILES string of the molecule is CCC(CC)[C@@H]1C[C@H](c2ccccc2)CCN1C(=O)[C@@H]1CNC[C@]12COCc1c(OC)cccc12.[Cl-]. The standard InChI is InChI=1S/C30H40N2O3.ClH/c1-4-21(5-2)27-16-23(22-10-7-6-8-11-22)14-15-32(27)29(33)26-17-31-19-30(26)20-35-18-24-25(30)12-9-13-28(24)34-3;/h6-13,21,23,26-27,31H,4-5,14-20H2,1-3H3;1H/p-1/t23-,26+,27+,30-;/m1./s1. The Balaban J connectivity index is 0.00000304. The first-order valence-electron chi connectivity index (χ1n) is 13.4. The fourth-order valence-corrected chi connectivity index (χ4v) is 7.08. The molecule has 3 heterocycles. The molecule has 1 amide bonds. The molecular formula is C30H40ClN2O3-. The van der Waals surface area contributed by atoms with Crippen molar-refractivity contribution >= 4 is 5.91 Å². The number of carbonyl (C=O) groups excluding carboxylic acids is 1. The van der Waals surface area contributed by atoms with E-state index in [4.69, 9.17) is 9.47 Å². The molecule has 2 saturated heterocycles. The zero-order valence-corrected chi connectivity index (χ0v) is 22.6. The summed E-state index contributed by atoms with van der Waals surface area (Å²) in [5, 5.41) is 3.57. The molecule has 0 aliphatic carbocycles. The van der Waals surface area contributed by atoms with Crippen molar-refractivity contribution in [1.29, 1.82) is 0 Å². The molecule has 0 radical (unpaired) electrons. The van der Waals surface area contributed by atoms with Crippen LogP contribution in [0.1, 0.15) is 62.1 Å². The van der Waals surface area contributed by atoms with Crippen molar-refractivity contribution in [1.82, 2.24) is 10.2 Å². The molecule has 5 nitrogen and oxygen atoms in total. The molecule has 0 aromatic heterocycles. The minimum atomic E-state index is -0.339. The smallest absolute Gasteiger partial charge is 0.228 e. The minimum Gasteiger partial charge on any atom is -1.00 e. The van der Waals surface area contributed by atoms with Gasteiger partial charge in [0.25, 0.3) is 0 Å². The number of amides is 1. The van der Waals surface area contributed by atoms with Gasteiger partial charge < -0.3 is 32.1 Å². The lowest BCUT2D eigenvalue weighted by molar-refractivity contribution is -0.144. The third kappa shape index (κ3) is 4.66. The van der Waals surface area contributed by atoms with Crippen molar-refractivity contribution in [2.75, 3.05) is 33.4 Å². The Kier molecular flexibility index (Phi) is 8.64. The van der Waals surface area contributed by atoms with Crippen molar-refractivity contribution < 1.29 is 26.7 Å². The Morgan fingerprint density at radius 1 is 1.17 bits per heavy atom. The molecule has 2 fully saturated rings. The van der Waals surface area contributed by atoms with Gasteiger partial charge in [-0.15, -0.1) is 0 Å². The highest BCUT2D eigenvalue weighted by atomic mass is 35.5. The van der Waals surface area contributed by atoms with Crippen LogP contribution in [-0.2, 0) is 21.6 Å². The Labute approximate surface area is 222 Å². The van der Waals surface area contributed by atoms with Crippen LogP contribution in [0.25, 0.3) is 0 Å². The first-order valence-corrected chi connectivity index (χ1v) is 13.4. The fraction of sp³-hybridized carbons (Fsp3) is 0.567. The molecule has 0 saturated carbocycles. The molecule has 196 valence electrons. The normalized spacial score (nSPS) is 27.6. The number of hydrogen-bond donors (Lipinski definition) is 1. The van der Waals surface area contributed by atoms with Gasteiger partial charge in [0.15, 0.2) is 0 Å². The third-order valence-electron chi connectivity index (χ3n) is 9.04. The number of ether oxygens (including phenoxy) is 2. The van der Waals surface area contributed by atoms with Crippen LogP contribution < -0.4 is 22.5 Å². The molecule has 36 heavy (non-hydrogen) atoms. The topological polar surface area (TPSA) is 50.8 Å². The second-order valence-electron chi connectivity index (χ2n) is 10.6. The Hall–Kier alpha value is -2.08. The van der Waals surface area contributed by atoms with Gasteiger partial charge >= 0.3 is 0 Å². The molecule has 0 bridgehead atoms. The van der Waals surface area contributed by atoms with E-state index < -0.39 is 0 Å². The summed E-state index contributed by atoms with van der Waals surface area (Å²) in [6, 6.07) is 17.4. The van der Waals surface area contributed by atoms with Crippen LogP contribution in [0.4, 0.5) is 0 Å². The number of carbonyl (C=O) groups is 1. The van der Waals surface area contributed by atoms with E-state index in [0.29, 0.717) is 37.5 Å². The lowest BCUT2D eigenvalue weighted by Gasteiger charge is -2.47. The first-order chi connectivity index (χ1) is 17.1. The predicted octanol–water partition coefficient (Wildman–Crippen LogP) is 1.90. The number of likely N-dealkylation sites (tertiary alicyclic amines) is 1. The lowest BCUT2D eigenvalue weighted by Crippen LogP contribution is -3.00. The van der Waals surface area contributed by atoms with Crippen molar-refractivity contribution in [2.24, 2.45) is 11.8 Å². The molecule has 1 N–H and O–H groups in total. The molecular weight excluding hydrogens is 472 g/mol. The molecule has 2 aromatic rings. The van der Waals surface area contributed by atoms with E-state index in [0.717, 1.165) is 50.1 Å². The number of piperidine rings is 1. The molecule has 2 aromatic carbocycles. The Bertz CT molecular complexity index is 1030. The predicted molar refractivity (Wildman–Crippen MR) is 139 cm³/mol. The number of hydrogen-bond acceptors (Lipinski definition) is 4. The average Bonchev–Trinajstić information content (AvgIpc) is 3.33. The van der Waals surface area contributed by atoms with Crippen LogP contribution in [0.3, 0.4) is 0 Å². The highest BCUT2D eigenvalue weighted by Crippen LogP contribution is 2.46. The molecule has 4 atom stereocenters. The van der Waals surface area contributed by atoms with E-state index in [-0.39, 0.29) is 29.8 Å². The molecule has 5 rings (SSSR count). The van der Waals surface area contributed by atoms with Gasteiger partial charge in [-0.05, 0) is 41.9 Å². The first kappa shape index (κ1) is 27.0. The highest BCUT2D eigenvalue weighted by Gasteiger charge is 2.53. The van der Waals surface area contributed by atoms with E-state index in [1.807, 2.05) is 6.07 Å². The minimum absolute atomic E-state index is 0. The van der Waals surface area contributed by atoms with Gasteiger partial charge in [-0.3, -0.25) is 4.79 Å². The van der Waals surface area contributed by atoms with E-state index in [1.54, 1.807) is 7.11 Å². The second-order valence-corrected chi connectivity index (χ2v) is 10.6. The van der Waals surface area contributed by atoms with Crippen LogP contribution in [0.15, 0.2) is 48.5 Å². The number of rotatable bonds is 6. The summed E-state index contributed by atoms with van der Waals surface area (Å²) in [5.41, 5.74) is 3.40. The van der Waals surface area contributed by atoms with Crippen LogP contribution in [0.2, 0.25) is 0 Å². The van der Waals surface area contributed by atoms with Crippen LogP contribution in [0, 0.1) is 11.8 Å². The number of benzene rings is 2. The zero-order chi connectivity index (χ0) is 24.4. The monoisotopic (exact) mass is 511 g/mol. The summed E-state index contributed by atoms with van der Waals surface area (Å²) in [5.74, 6) is 2.07. The van der Waals surface area contributed by atoms with E-state index in [9.17, 15) is 4.79 Å². The number of nitrogens with one attached hydrogen (secondary N) is 1. The van der Waals surface area contributed by atoms with E-state index in [2.05, 4.69) is 66.5 Å². The summed E-state index contributed by atoms with van der Waals surface area (Å²) in [7, 11) is 1.71. The summed E-state index contributed by atoms with van der Waals surface area (Å²) >= 11 is 0. The van der Waals surface area contributed by atoms with E-state index >= 15 is 0 Å². The van der Waals surface area contributed by atoms with Crippen molar-refractivity contribution in [3.05, 3.63) is 65.2 Å². The fourth-order valence-electron chi connectivity index (χ4n) is 7.08. The molecule has 3 aliphatic heterocycles. The van der Waals surface area contributed by atoms with Crippen molar-refractivity contribution in [3.8, 4) is 5.75 Å². The van der Waals surface area contributed by atoms with Gasteiger partial charge in [0.2, 0.25) is 5.91 Å². The Morgan fingerprint density at radius 3 is 2.67 bits per heavy atom. The average molecular weight is 512 g/mol. The highest BCUT2D eigenvalue weighted by molar-refractivity contribution is 5.82. The van der Waals surface area contributed by atoms with Gasteiger partial charge in [0, 0.05) is 36.7 Å². The van der Waals surface area contributed by atoms with Crippen LogP contribution in [-0.4, -0.2) is 50.2 Å². The van der Waals surface area contributed by atoms with Crippen molar-refractivity contribution in [2.45, 2.75) is 63.5 Å². The maximum atomic E-state index is 14.4. The van der Waals surface area contributed by atoms with Gasteiger partial charge in [-0.2, -0.15) is 0 Å². The number of methoxy groups -OCH3 is 1. The summed E-state index contributed by atoms with van der Waals surface area (Å²) in [6.07, 6.45) is 4.28. The largest absolute Gasteiger partial charge is 1.00 e. The summed E-state index contributed by atoms with van der Waals surface area (Å²) in [6.45, 7) is 7.97. The summed E-state index contributed by atoms with van der Waals surface area (Å²) < 4.78 is 11.8. The van der Waals surface area contributed by atoms with Crippen LogP contribution >= 0.6 is 0 Å². The van der Waals surface area contributed by atoms with Gasteiger partial charge in [-0.1, -0.05) is 69.2 Å². The lowest BCUT2D eigenvalue weighted by atomic mass is 9.69. The number of nitrogens with zero attached hydrogens (tertiary/aromatic N) is 1. The molecule has 3 aliphatic rings. The van der Waals surface area contributed by atoms with Gasteiger partial charge in [0.1, 0.15) is 5.75 Å². The number of halogens is 1. The molecule has 1 spiro atoms. The maximum absolute atomic E-state index is 14.4. The van der Waals surface area contributed by atoms with Gasteiger partial charge in [0.05, 0.1) is 26.2 Å². The molecule has 0 unspecified atom stereocenters. The molecule has 6 heteroatoms.